The zero-order valence-electron chi connectivity index (χ0n) is 12.4. The van der Waals surface area contributed by atoms with Gasteiger partial charge in [0.15, 0.2) is 16.6 Å². The van der Waals surface area contributed by atoms with E-state index in [1.807, 2.05) is 0 Å². The Hall–Kier alpha value is -2.62. The lowest BCUT2D eigenvalue weighted by atomic mass is 10.2. The molecule has 0 atom stereocenters. The molecule has 1 heterocycles. The van der Waals surface area contributed by atoms with Crippen LogP contribution in [0.25, 0.3) is 0 Å². The maximum Gasteiger partial charge on any atom is 0.354 e. The first-order valence-electron chi connectivity index (χ1n) is 6.66. The van der Waals surface area contributed by atoms with Crippen molar-refractivity contribution < 1.29 is 14.6 Å². The quantitative estimate of drug-likeness (QED) is 0.467. The molecule has 1 N–H and O–H groups in total. The third-order valence-corrected chi connectivity index (χ3v) is 3.88. The Morgan fingerprint density at radius 3 is 2.65 bits per heavy atom. The zero-order valence-corrected chi connectivity index (χ0v) is 13.3. The van der Waals surface area contributed by atoms with Crippen LogP contribution in [0, 0.1) is 27.2 Å². The summed E-state index contributed by atoms with van der Waals surface area (Å²) in [7, 11) is 0. The lowest BCUT2D eigenvalue weighted by Crippen LogP contribution is -1.98. The summed E-state index contributed by atoms with van der Waals surface area (Å²) in [6.45, 7) is 3.69. The summed E-state index contributed by atoms with van der Waals surface area (Å²) in [5.74, 6) is 0.788. The van der Waals surface area contributed by atoms with E-state index in [0.29, 0.717) is 23.7 Å². The van der Waals surface area contributed by atoms with Gasteiger partial charge in [-0.15, -0.1) is 0 Å². The van der Waals surface area contributed by atoms with Crippen LogP contribution in [0.4, 0.5) is 11.5 Å². The molecule has 0 aliphatic carbocycles. The number of aryl methyl sites for hydroxylation is 1. The summed E-state index contributed by atoms with van der Waals surface area (Å²) in [6, 6.07) is 4.63. The summed E-state index contributed by atoms with van der Waals surface area (Å²) in [5, 5.41) is 22.3. The Morgan fingerprint density at radius 1 is 1.30 bits per heavy atom. The molecule has 0 bridgehead atoms. The summed E-state index contributed by atoms with van der Waals surface area (Å²) < 4.78 is 5.21. The van der Waals surface area contributed by atoms with E-state index in [-0.39, 0.29) is 22.3 Å². The molecule has 10 heteroatoms. The van der Waals surface area contributed by atoms with Gasteiger partial charge >= 0.3 is 11.5 Å². The van der Waals surface area contributed by atoms with Crippen LogP contribution in [0.5, 0.6) is 5.75 Å². The number of H-pyrrole nitrogens is 1. The van der Waals surface area contributed by atoms with Gasteiger partial charge in [-0.2, -0.15) is 4.98 Å². The van der Waals surface area contributed by atoms with Crippen molar-refractivity contribution in [2.75, 3.05) is 6.61 Å². The van der Waals surface area contributed by atoms with Gasteiger partial charge in [-0.3, -0.25) is 10.1 Å². The number of benzene rings is 1. The lowest BCUT2D eigenvalue weighted by Gasteiger charge is -2.06. The number of ether oxygens (including phenoxy) is 1. The second kappa shape index (κ2) is 7.09. The van der Waals surface area contributed by atoms with E-state index in [0.717, 1.165) is 11.8 Å². The first-order valence-corrected chi connectivity index (χ1v) is 7.64. The van der Waals surface area contributed by atoms with Crippen LogP contribution in [-0.2, 0) is 5.75 Å². The molecule has 0 amide bonds. The van der Waals surface area contributed by atoms with Gasteiger partial charge in [-0.25, -0.2) is 4.98 Å². The molecular formula is C13H14N4O5S. The SMILES string of the molecule is CCOc1ccc(CSc2nc(C)[nH]c2[N+](=O)[O-])cc1[N+](=O)[O-]. The molecule has 23 heavy (non-hydrogen) atoms. The molecule has 9 nitrogen and oxygen atoms in total. The third-order valence-electron chi connectivity index (χ3n) is 2.85. The van der Waals surface area contributed by atoms with Crippen LogP contribution in [-0.4, -0.2) is 26.4 Å². The number of hydrogen-bond donors (Lipinski definition) is 1. The first-order chi connectivity index (χ1) is 10.9. The fourth-order valence-electron chi connectivity index (χ4n) is 1.91. The van der Waals surface area contributed by atoms with Gasteiger partial charge in [0, 0.05) is 18.7 Å². The molecular weight excluding hydrogens is 324 g/mol. The molecule has 0 unspecified atom stereocenters. The molecule has 0 aliphatic heterocycles. The van der Waals surface area contributed by atoms with Crippen molar-refractivity contribution in [1.29, 1.82) is 0 Å². The van der Waals surface area contributed by atoms with E-state index in [2.05, 4.69) is 9.97 Å². The number of aromatic nitrogens is 2. The van der Waals surface area contributed by atoms with E-state index < -0.39 is 9.85 Å². The predicted octanol–water partition coefficient (Wildman–Crippen LogP) is 3.23. The largest absolute Gasteiger partial charge is 0.487 e. The van der Waals surface area contributed by atoms with Crippen LogP contribution >= 0.6 is 11.8 Å². The Labute approximate surface area is 135 Å². The van der Waals surface area contributed by atoms with Crippen molar-refractivity contribution in [3.05, 3.63) is 49.8 Å². The number of nitrogens with one attached hydrogen (secondary N) is 1. The van der Waals surface area contributed by atoms with Crippen molar-refractivity contribution in [3.8, 4) is 5.75 Å². The minimum absolute atomic E-state index is 0.127. The molecule has 2 rings (SSSR count). The summed E-state index contributed by atoms with van der Waals surface area (Å²) in [5.41, 5.74) is 0.526. The zero-order chi connectivity index (χ0) is 17.0. The van der Waals surface area contributed by atoms with Gasteiger partial charge < -0.3 is 14.9 Å². The topological polar surface area (TPSA) is 124 Å². The van der Waals surface area contributed by atoms with Gasteiger partial charge in [0.25, 0.3) is 0 Å². The van der Waals surface area contributed by atoms with Gasteiger partial charge in [0.2, 0.25) is 0 Å². The van der Waals surface area contributed by atoms with Crippen molar-refractivity contribution in [1.82, 2.24) is 9.97 Å². The number of nitrogens with zero attached hydrogens (tertiary/aromatic N) is 3. The van der Waals surface area contributed by atoms with E-state index in [4.69, 9.17) is 4.74 Å². The fraction of sp³-hybridized carbons (Fsp3) is 0.308. The number of nitro groups is 2. The average Bonchev–Trinajstić information content (AvgIpc) is 2.87. The third kappa shape index (κ3) is 3.97. The second-order valence-corrected chi connectivity index (χ2v) is 5.48. The highest BCUT2D eigenvalue weighted by Gasteiger charge is 2.20. The molecule has 0 spiro atoms. The Morgan fingerprint density at radius 2 is 2.04 bits per heavy atom. The van der Waals surface area contributed by atoms with Crippen LogP contribution in [0.15, 0.2) is 23.2 Å². The predicted molar refractivity (Wildman–Crippen MR) is 83.8 cm³/mol. The molecule has 1 aromatic carbocycles. The Bertz CT molecular complexity index is 746. The normalized spacial score (nSPS) is 10.5. The van der Waals surface area contributed by atoms with Crippen LogP contribution in [0.1, 0.15) is 18.3 Å². The molecule has 0 aliphatic rings. The van der Waals surface area contributed by atoms with Crippen LogP contribution in [0.3, 0.4) is 0 Å². The smallest absolute Gasteiger partial charge is 0.354 e. The van der Waals surface area contributed by atoms with E-state index in [1.165, 1.54) is 12.1 Å². The molecule has 0 saturated carbocycles. The number of rotatable bonds is 7. The second-order valence-electron chi connectivity index (χ2n) is 4.51. The molecule has 0 fully saturated rings. The Balaban J connectivity index is 2.19. The average molecular weight is 338 g/mol. The number of imidazole rings is 1. The highest BCUT2D eigenvalue weighted by atomic mass is 32.2. The lowest BCUT2D eigenvalue weighted by molar-refractivity contribution is -0.392. The maximum atomic E-state index is 11.1. The number of nitro benzene ring substituents is 1. The number of aromatic amines is 1. The molecule has 1 aromatic heterocycles. The van der Waals surface area contributed by atoms with Crippen molar-refractivity contribution in [3.63, 3.8) is 0 Å². The van der Waals surface area contributed by atoms with E-state index >= 15 is 0 Å². The first kappa shape index (κ1) is 16.7. The summed E-state index contributed by atoms with van der Waals surface area (Å²) in [4.78, 5) is 27.6. The standard InChI is InChI=1S/C13H14N4O5S/c1-3-22-11-5-4-9(6-10(11)16(18)19)7-23-13-12(17(20)21)14-8(2)15-13/h4-6H,3,7H2,1-2H3,(H,14,15). The van der Waals surface area contributed by atoms with Gasteiger partial charge in [0.1, 0.15) is 0 Å². The molecule has 0 radical (unpaired) electrons. The maximum absolute atomic E-state index is 11.1. The summed E-state index contributed by atoms with van der Waals surface area (Å²) in [6.07, 6.45) is 0. The van der Waals surface area contributed by atoms with Gasteiger partial charge in [-0.05, 0) is 23.5 Å². The fourth-order valence-corrected chi connectivity index (χ4v) is 2.85. The van der Waals surface area contributed by atoms with Gasteiger partial charge in [-0.1, -0.05) is 17.8 Å². The summed E-state index contributed by atoms with van der Waals surface area (Å²) >= 11 is 1.14. The van der Waals surface area contributed by atoms with Crippen molar-refractivity contribution in [2.24, 2.45) is 0 Å². The van der Waals surface area contributed by atoms with E-state index in [1.54, 1.807) is 19.9 Å². The van der Waals surface area contributed by atoms with Gasteiger partial charge in [0.05, 0.1) is 11.5 Å². The van der Waals surface area contributed by atoms with Crippen LogP contribution < -0.4 is 4.74 Å². The monoisotopic (exact) mass is 338 g/mol. The molecule has 122 valence electrons. The Kier molecular flexibility index (Phi) is 5.16. The molecule has 2 aromatic rings. The highest BCUT2D eigenvalue weighted by Crippen LogP contribution is 2.33. The van der Waals surface area contributed by atoms with Crippen molar-refractivity contribution in [2.45, 2.75) is 24.6 Å². The van der Waals surface area contributed by atoms with E-state index in [9.17, 15) is 20.2 Å². The highest BCUT2D eigenvalue weighted by molar-refractivity contribution is 7.98. The number of hydrogen-bond acceptors (Lipinski definition) is 7. The number of thioether (sulfide) groups is 1. The molecule has 0 saturated heterocycles. The van der Waals surface area contributed by atoms with Crippen molar-refractivity contribution >= 4 is 23.3 Å². The minimum Gasteiger partial charge on any atom is -0.487 e. The van der Waals surface area contributed by atoms with Crippen LogP contribution in [0.2, 0.25) is 0 Å². The minimum atomic E-state index is -0.539.